The summed E-state index contributed by atoms with van der Waals surface area (Å²) in [7, 11) is 0. The Balaban J connectivity index is 1.67. The fraction of sp³-hybridized carbons (Fsp3) is 0.625. The fourth-order valence-corrected chi connectivity index (χ4v) is 2.54. The average Bonchev–Trinajstić information content (AvgIpc) is 3.03. The highest BCUT2D eigenvalue weighted by Crippen LogP contribution is 2.17. The van der Waals surface area contributed by atoms with Gasteiger partial charge in [0.15, 0.2) is 0 Å². The minimum atomic E-state index is 0.0111. The molecule has 1 N–H and O–H groups in total. The van der Waals surface area contributed by atoms with Crippen LogP contribution in [0.4, 0.5) is 4.79 Å². The van der Waals surface area contributed by atoms with Gasteiger partial charge in [0, 0.05) is 45.2 Å². The second-order valence-electron chi connectivity index (χ2n) is 5.47. The van der Waals surface area contributed by atoms with Crippen LogP contribution < -0.4 is 5.32 Å². The first-order valence-electron chi connectivity index (χ1n) is 7.79. The van der Waals surface area contributed by atoms with Crippen molar-refractivity contribution in [2.24, 2.45) is 5.92 Å². The third-order valence-corrected chi connectivity index (χ3v) is 3.88. The molecular weight excluding hydrogens is 266 g/mol. The highest BCUT2D eigenvalue weighted by atomic mass is 16.5. The Morgan fingerprint density at radius 1 is 1.48 bits per heavy atom. The highest BCUT2D eigenvalue weighted by Gasteiger charge is 2.15. The Labute approximate surface area is 126 Å². The molecule has 1 atom stereocenters. The molecule has 1 aliphatic heterocycles. The normalized spacial score (nSPS) is 17.7. The lowest BCUT2D eigenvalue weighted by Gasteiger charge is -2.21. The maximum Gasteiger partial charge on any atom is 0.317 e. The average molecular weight is 291 g/mol. The van der Waals surface area contributed by atoms with Crippen molar-refractivity contribution in [2.45, 2.75) is 32.7 Å². The smallest absolute Gasteiger partial charge is 0.317 e. The van der Waals surface area contributed by atoms with E-state index >= 15 is 0 Å². The Bertz CT molecular complexity index is 419. The topological polar surface area (TPSA) is 54.5 Å². The van der Waals surface area contributed by atoms with E-state index in [-0.39, 0.29) is 6.03 Å². The molecule has 5 heteroatoms. The number of aromatic nitrogens is 1. The summed E-state index contributed by atoms with van der Waals surface area (Å²) in [5.74, 6) is 0.681. The van der Waals surface area contributed by atoms with Crippen LogP contribution in [0, 0.1) is 5.92 Å². The van der Waals surface area contributed by atoms with Gasteiger partial charge in [0.2, 0.25) is 0 Å². The van der Waals surface area contributed by atoms with Crippen LogP contribution in [0.15, 0.2) is 24.5 Å². The molecular formula is C16H25N3O2. The number of hydrogen-bond acceptors (Lipinski definition) is 3. The zero-order valence-corrected chi connectivity index (χ0v) is 12.8. The van der Waals surface area contributed by atoms with Gasteiger partial charge in [-0.2, -0.15) is 0 Å². The zero-order chi connectivity index (χ0) is 14.9. The molecule has 116 valence electrons. The molecule has 2 heterocycles. The van der Waals surface area contributed by atoms with Crippen molar-refractivity contribution in [3.8, 4) is 0 Å². The minimum Gasteiger partial charge on any atom is -0.381 e. The van der Waals surface area contributed by atoms with Gasteiger partial charge in [-0.3, -0.25) is 4.98 Å². The van der Waals surface area contributed by atoms with E-state index in [1.165, 1.54) is 0 Å². The monoisotopic (exact) mass is 291 g/mol. The van der Waals surface area contributed by atoms with E-state index in [1.807, 2.05) is 24.0 Å². The number of nitrogens with one attached hydrogen (secondary N) is 1. The number of carbonyl (C=O) groups is 1. The molecule has 1 unspecified atom stereocenters. The lowest BCUT2D eigenvalue weighted by molar-refractivity contribution is 0.183. The molecule has 2 rings (SSSR count). The number of amides is 2. The summed E-state index contributed by atoms with van der Waals surface area (Å²) in [5, 5.41) is 3.01. The third-order valence-electron chi connectivity index (χ3n) is 3.88. The number of hydrogen-bond donors (Lipinski definition) is 1. The van der Waals surface area contributed by atoms with Gasteiger partial charge >= 0.3 is 6.03 Å². The van der Waals surface area contributed by atoms with E-state index in [0.717, 1.165) is 44.6 Å². The van der Waals surface area contributed by atoms with E-state index in [0.29, 0.717) is 19.0 Å². The number of carbonyl (C=O) groups excluding carboxylic acids is 1. The lowest BCUT2D eigenvalue weighted by Crippen LogP contribution is -2.39. The Hall–Kier alpha value is -1.62. The minimum absolute atomic E-state index is 0.0111. The predicted molar refractivity (Wildman–Crippen MR) is 81.9 cm³/mol. The Kier molecular flexibility index (Phi) is 6.47. The van der Waals surface area contributed by atoms with Gasteiger partial charge in [-0.25, -0.2) is 4.79 Å². The van der Waals surface area contributed by atoms with E-state index in [2.05, 4.69) is 10.3 Å². The van der Waals surface area contributed by atoms with Gasteiger partial charge in [0.1, 0.15) is 0 Å². The van der Waals surface area contributed by atoms with Gasteiger partial charge < -0.3 is 15.0 Å². The van der Waals surface area contributed by atoms with Crippen LogP contribution in [0.1, 0.15) is 31.7 Å². The number of pyridine rings is 1. The van der Waals surface area contributed by atoms with Crippen LogP contribution in [0.2, 0.25) is 0 Å². The number of rotatable bonds is 7. The van der Waals surface area contributed by atoms with Crippen LogP contribution in [-0.4, -0.2) is 42.2 Å². The van der Waals surface area contributed by atoms with E-state index < -0.39 is 0 Å². The van der Waals surface area contributed by atoms with Crippen molar-refractivity contribution in [2.75, 3.05) is 26.3 Å². The first-order chi connectivity index (χ1) is 10.3. The van der Waals surface area contributed by atoms with Gasteiger partial charge in [-0.15, -0.1) is 0 Å². The molecule has 5 nitrogen and oxygen atoms in total. The van der Waals surface area contributed by atoms with Gasteiger partial charge in [0.05, 0.1) is 0 Å². The second-order valence-corrected chi connectivity index (χ2v) is 5.47. The van der Waals surface area contributed by atoms with Crippen molar-refractivity contribution in [3.05, 3.63) is 30.1 Å². The standard InChI is InChI=1S/C16H25N3O2/c1-2-19(12-14-5-9-17-10-6-14)16(20)18-8-3-4-15-7-11-21-13-15/h5-6,9-10,15H,2-4,7-8,11-13H2,1H3,(H,18,20). The summed E-state index contributed by atoms with van der Waals surface area (Å²) in [4.78, 5) is 18.0. The molecule has 0 saturated carbocycles. The molecule has 0 radical (unpaired) electrons. The molecule has 0 bridgehead atoms. The number of ether oxygens (including phenoxy) is 1. The molecule has 1 aliphatic rings. The van der Waals surface area contributed by atoms with Crippen molar-refractivity contribution in [1.82, 2.24) is 15.2 Å². The summed E-state index contributed by atoms with van der Waals surface area (Å²) in [6.07, 6.45) is 6.83. The summed E-state index contributed by atoms with van der Waals surface area (Å²) in [6.45, 7) is 5.84. The maximum atomic E-state index is 12.1. The SMILES string of the molecule is CCN(Cc1ccncc1)C(=O)NCCCC1CCOC1. The van der Waals surface area contributed by atoms with E-state index in [9.17, 15) is 4.79 Å². The maximum absolute atomic E-state index is 12.1. The Morgan fingerprint density at radius 2 is 2.29 bits per heavy atom. The van der Waals surface area contributed by atoms with Gasteiger partial charge in [-0.1, -0.05) is 0 Å². The summed E-state index contributed by atoms with van der Waals surface area (Å²) < 4.78 is 5.36. The largest absolute Gasteiger partial charge is 0.381 e. The van der Waals surface area contributed by atoms with Gasteiger partial charge in [0.25, 0.3) is 0 Å². The molecule has 0 spiro atoms. The molecule has 21 heavy (non-hydrogen) atoms. The summed E-state index contributed by atoms with van der Waals surface area (Å²) in [6, 6.07) is 3.89. The van der Waals surface area contributed by atoms with Gasteiger partial charge in [-0.05, 0) is 49.8 Å². The summed E-state index contributed by atoms with van der Waals surface area (Å²) >= 11 is 0. The molecule has 1 aromatic rings. The van der Waals surface area contributed by atoms with Crippen molar-refractivity contribution >= 4 is 6.03 Å². The molecule has 0 aromatic carbocycles. The highest BCUT2D eigenvalue weighted by molar-refractivity contribution is 5.74. The molecule has 2 amide bonds. The molecule has 1 fully saturated rings. The lowest BCUT2D eigenvalue weighted by atomic mass is 10.0. The van der Waals surface area contributed by atoms with Crippen LogP contribution >= 0.6 is 0 Å². The van der Waals surface area contributed by atoms with Crippen LogP contribution in [0.3, 0.4) is 0 Å². The molecule has 0 aliphatic carbocycles. The Morgan fingerprint density at radius 3 is 2.95 bits per heavy atom. The molecule has 1 aromatic heterocycles. The first kappa shape index (κ1) is 15.8. The number of urea groups is 1. The zero-order valence-electron chi connectivity index (χ0n) is 12.8. The van der Waals surface area contributed by atoms with E-state index in [4.69, 9.17) is 4.74 Å². The number of nitrogens with zero attached hydrogens (tertiary/aromatic N) is 2. The van der Waals surface area contributed by atoms with Crippen LogP contribution in [0.5, 0.6) is 0 Å². The summed E-state index contributed by atoms with van der Waals surface area (Å²) in [5.41, 5.74) is 1.10. The third kappa shape index (κ3) is 5.34. The van der Waals surface area contributed by atoms with E-state index in [1.54, 1.807) is 12.4 Å². The predicted octanol–water partition coefficient (Wildman–Crippen LogP) is 2.43. The van der Waals surface area contributed by atoms with Crippen molar-refractivity contribution < 1.29 is 9.53 Å². The first-order valence-corrected chi connectivity index (χ1v) is 7.79. The molecule has 1 saturated heterocycles. The van der Waals surface area contributed by atoms with Crippen molar-refractivity contribution in [1.29, 1.82) is 0 Å². The van der Waals surface area contributed by atoms with Crippen molar-refractivity contribution in [3.63, 3.8) is 0 Å². The quantitative estimate of drug-likeness (QED) is 0.785. The second kappa shape index (κ2) is 8.62. The fourth-order valence-electron chi connectivity index (χ4n) is 2.54. The van der Waals surface area contributed by atoms with Crippen LogP contribution in [-0.2, 0) is 11.3 Å². The van der Waals surface area contributed by atoms with Crippen LogP contribution in [0.25, 0.3) is 0 Å².